The lowest BCUT2D eigenvalue weighted by Gasteiger charge is -2.31. The van der Waals surface area contributed by atoms with Crippen LogP contribution >= 0.6 is 0 Å². The first-order valence-corrected chi connectivity index (χ1v) is 6.66. The number of hydrogen-bond acceptors (Lipinski definition) is 4. The number of rotatable bonds is 3. The fourth-order valence-corrected chi connectivity index (χ4v) is 2.94. The first kappa shape index (κ1) is 11.8. The third kappa shape index (κ3) is 2.18. The summed E-state index contributed by atoms with van der Waals surface area (Å²) in [6.07, 6.45) is 2.53. The van der Waals surface area contributed by atoms with E-state index in [0.29, 0.717) is 18.8 Å². The summed E-state index contributed by atoms with van der Waals surface area (Å²) in [5.41, 5.74) is 1.29. The molecule has 1 fully saturated rings. The van der Waals surface area contributed by atoms with Gasteiger partial charge in [-0.3, -0.25) is 0 Å². The van der Waals surface area contributed by atoms with Crippen molar-refractivity contribution < 1.29 is 9.47 Å². The average Bonchev–Trinajstić information content (AvgIpc) is 2.88. The van der Waals surface area contributed by atoms with Gasteiger partial charge in [0.1, 0.15) is 0 Å². The SMILES string of the molecule is CNC(c1ccc2c(c1)OCO2)C1CCCNC1. The highest BCUT2D eigenvalue weighted by molar-refractivity contribution is 5.45. The van der Waals surface area contributed by atoms with Crippen LogP contribution in [0.3, 0.4) is 0 Å². The van der Waals surface area contributed by atoms with Crippen molar-refractivity contribution in [2.24, 2.45) is 5.92 Å². The monoisotopic (exact) mass is 248 g/mol. The molecule has 2 aliphatic rings. The molecule has 98 valence electrons. The summed E-state index contributed by atoms with van der Waals surface area (Å²) in [6.45, 7) is 2.57. The van der Waals surface area contributed by atoms with E-state index in [9.17, 15) is 0 Å². The van der Waals surface area contributed by atoms with E-state index in [4.69, 9.17) is 9.47 Å². The van der Waals surface area contributed by atoms with E-state index in [1.807, 2.05) is 13.1 Å². The minimum Gasteiger partial charge on any atom is -0.454 e. The maximum Gasteiger partial charge on any atom is 0.231 e. The van der Waals surface area contributed by atoms with Gasteiger partial charge in [0.2, 0.25) is 6.79 Å². The molecular weight excluding hydrogens is 228 g/mol. The lowest BCUT2D eigenvalue weighted by atomic mass is 9.87. The van der Waals surface area contributed by atoms with Gasteiger partial charge in [0.25, 0.3) is 0 Å². The normalized spacial score (nSPS) is 23.9. The highest BCUT2D eigenvalue weighted by Gasteiger charge is 2.25. The molecule has 2 atom stereocenters. The molecule has 0 radical (unpaired) electrons. The summed E-state index contributed by atoms with van der Waals surface area (Å²) in [7, 11) is 2.03. The van der Waals surface area contributed by atoms with Crippen molar-refractivity contribution in [2.75, 3.05) is 26.9 Å². The van der Waals surface area contributed by atoms with E-state index >= 15 is 0 Å². The standard InChI is InChI=1S/C14H20N2O2/c1-15-14(11-3-2-6-16-8-11)10-4-5-12-13(7-10)18-9-17-12/h4-5,7,11,14-16H,2-3,6,8-9H2,1H3. The summed E-state index contributed by atoms with van der Waals surface area (Å²) in [5, 5.41) is 6.92. The Morgan fingerprint density at radius 1 is 1.33 bits per heavy atom. The minimum absolute atomic E-state index is 0.341. The third-order valence-corrected chi connectivity index (χ3v) is 3.87. The molecule has 2 unspecified atom stereocenters. The van der Waals surface area contributed by atoms with Crippen molar-refractivity contribution in [3.05, 3.63) is 23.8 Å². The number of benzene rings is 1. The Hall–Kier alpha value is -1.26. The molecule has 1 aromatic carbocycles. The molecule has 1 saturated heterocycles. The van der Waals surface area contributed by atoms with Gasteiger partial charge in [-0.1, -0.05) is 6.07 Å². The van der Waals surface area contributed by atoms with Gasteiger partial charge in [-0.2, -0.15) is 0 Å². The van der Waals surface area contributed by atoms with E-state index in [1.165, 1.54) is 18.4 Å². The highest BCUT2D eigenvalue weighted by Crippen LogP contribution is 2.36. The topological polar surface area (TPSA) is 42.5 Å². The zero-order chi connectivity index (χ0) is 12.4. The number of piperidine rings is 1. The zero-order valence-electron chi connectivity index (χ0n) is 10.7. The molecule has 4 nitrogen and oxygen atoms in total. The Balaban J connectivity index is 1.82. The van der Waals surface area contributed by atoms with Crippen molar-refractivity contribution in [3.8, 4) is 11.5 Å². The summed E-state index contributed by atoms with van der Waals surface area (Å²) >= 11 is 0. The smallest absolute Gasteiger partial charge is 0.231 e. The van der Waals surface area contributed by atoms with Gasteiger partial charge in [0.15, 0.2) is 11.5 Å². The van der Waals surface area contributed by atoms with E-state index < -0.39 is 0 Å². The molecular formula is C14H20N2O2. The Kier molecular flexibility index (Phi) is 3.39. The van der Waals surface area contributed by atoms with Gasteiger partial charge in [-0.25, -0.2) is 0 Å². The number of ether oxygens (including phenoxy) is 2. The van der Waals surface area contributed by atoms with E-state index in [-0.39, 0.29) is 0 Å². The first-order chi connectivity index (χ1) is 8.88. The molecule has 1 aromatic rings. The van der Waals surface area contributed by atoms with Gasteiger partial charge in [0.05, 0.1) is 0 Å². The second-order valence-electron chi connectivity index (χ2n) is 4.99. The first-order valence-electron chi connectivity index (χ1n) is 6.66. The van der Waals surface area contributed by atoms with Gasteiger partial charge in [-0.05, 0) is 56.6 Å². The molecule has 2 heterocycles. The van der Waals surface area contributed by atoms with Crippen LogP contribution in [0.5, 0.6) is 11.5 Å². The summed E-state index contributed by atoms with van der Waals surface area (Å²) < 4.78 is 10.8. The Morgan fingerprint density at radius 2 is 2.22 bits per heavy atom. The van der Waals surface area contributed by atoms with Crippen LogP contribution < -0.4 is 20.1 Å². The van der Waals surface area contributed by atoms with Crippen LogP contribution in [0.2, 0.25) is 0 Å². The Bertz CT molecular complexity index is 416. The molecule has 0 saturated carbocycles. The van der Waals surface area contributed by atoms with Crippen LogP contribution in [-0.4, -0.2) is 26.9 Å². The van der Waals surface area contributed by atoms with E-state index in [0.717, 1.165) is 24.6 Å². The lowest BCUT2D eigenvalue weighted by molar-refractivity contribution is 0.174. The van der Waals surface area contributed by atoms with Gasteiger partial charge in [-0.15, -0.1) is 0 Å². The molecule has 18 heavy (non-hydrogen) atoms. The van der Waals surface area contributed by atoms with Crippen LogP contribution in [0.15, 0.2) is 18.2 Å². The van der Waals surface area contributed by atoms with Crippen LogP contribution in [0.25, 0.3) is 0 Å². The minimum atomic E-state index is 0.341. The van der Waals surface area contributed by atoms with Crippen LogP contribution in [0.1, 0.15) is 24.4 Å². The van der Waals surface area contributed by atoms with Crippen molar-refractivity contribution in [2.45, 2.75) is 18.9 Å². The summed E-state index contributed by atoms with van der Waals surface area (Å²) in [4.78, 5) is 0. The molecule has 0 spiro atoms. The molecule has 2 aliphatic heterocycles. The molecule has 3 rings (SSSR count). The lowest BCUT2D eigenvalue weighted by Crippen LogP contribution is -2.37. The quantitative estimate of drug-likeness (QED) is 0.854. The molecule has 0 aromatic heterocycles. The van der Waals surface area contributed by atoms with Crippen LogP contribution in [-0.2, 0) is 0 Å². The van der Waals surface area contributed by atoms with Crippen molar-refractivity contribution >= 4 is 0 Å². The van der Waals surface area contributed by atoms with Crippen LogP contribution in [0.4, 0.5) is 0 Å². The fourth-order valence-electron chi connectivity index (χ4n) is 2.94. The van der Waals surface area contributed by atoms with Crippen molar-refractivity contribution in [3.63, 3.8) is 0 Å². The number of fused-ring (bicyclic) bond motifs is 1. The average molecular weight is 248 g/mol. The summed E-state index contributed by atoms with van der Waals surface area (Å²) in [6, 6.07) is 6.65. The fraction of sp³-hybridized carbons (Fsp3) is 0.571. The van der Waals surface area contributed by atoms with Crippen LogP contribution in [0, 0.1) is 5.92 Å². The maximum atomic E-state index is 5.46. The van der Waals surface area contributed by atoms with Gasteiger partial charge in [0, 0.05) is 6.04 Å². The maximum absolute atomic E-state index is 5.46. The molecule has 4 heteroatoms. The predicted molar refractivity (Wildman–Crippen MR) is 70.0 cm³/mol. The van der Waals surface area contributed by atoms with Gasteiger partial charge < -0.3 is 20.1 Å². The predicted octanol–water partition coefficient (Wildman–Crippen LogP) is 1.68. The number of hydrogen-bond donors (Lipinski definition) is 2. The Labute approximate surface area is 108 Å². The van der Waals surface area contributed by atoms with Crippen molar-refractivity contribution in [1.82, 2.24) is 10.6 Å². The number of nitrogens with one attached hydrogen (secondary N) is 2. The molecule has 0 aliphatic carbocycles. The molecule has 0 bridgehead atoms. The van der Waals surface area contributed by atoms with Gasteiger partial charge >= 0.3 is 0 Å². The third-order valence-electron chi connectivity index (χ3n) is 3.87. The second-order valence-corrected chi connectivity index (χ2v) is 4.99. The summed E-state index contributed by atoms with van der Waals surface area (Å²) in [5.74, 6) is 2.37. The van der Waals surface area contributed by atoms with E-state index in [2.05, 4.69) is 22.8 Å². The largest absolute Gasteiger partial charge is 0.454 e. The molecule has 2 N–H and O–H groups in total. The van der Waals surface area contributed by atoms with Crippen molar-refractivity contribution in [1.29, 1.82) is 0 Å². The zero-order valence-corrected chi connectivity index (χ0v) is 10.7. The van der Waals surface area contributed by atoms with E-state index in [1.54, 1.807) is 0 Å². The second kappa shape index (κ2) is 5.16. The molecule has 0 amide bonds. The Morgan fingerprint density at radius 3 is 3.00 bits per heavy atom. The highest BCUT2D eigenvalue weighted by atomic mass is 16.7.